The van der Waals surface area contributed by atoms with E-state index in [1.54, 1.807) is 0 Å². The largest absolute Gasteiger partial charge is 0.465 e. The average molecular weight is 314 g/mol. The summed E-state index contributed by atoms with van der Waals surface area (Å²) >= 11 is 0. The van der Waals surface area contributed by atoms with Crippen LogP contribution in [0.2, 0.25) is 0 Å². The Labute approximate surface area is 141 Å². The summed E-state index contributed by atoms with van der Waals surface area (Å²) in [7, 11) is 0. The highest BCUT2D eigenvalue weighted by atomic mass is 16.4. The molecule has 0 amide bonds. The lowest BCUT2D eigenvalue weighted by Gasteiger charge is -2.13. The lowest BCUT2D eigenvalue weighted by atomic mass is 9.94. The average Bonchev–Trinajstić information content (AvgIpc) is 3.27. The molecule has 4 aromatic rings. The first-order valence-corrected chi connectivity index (χ1v) is 8.08. The molecule has 0 N–H and O–H groups in total. The molecule has 0 aliphatic rings. The fourth-order valence-corrected chi connectivity index (χ4v) is 2.99. The fraction of sp³-hybridized carbons (Fsp3) is 0.0909. The van der Waals surface area contributed by atoms with E-state index in [2.05, 4.69) is 24.3 Å². The van der Waals surface area contributed by atoms with Gasteiger partial charge in [0.15, 0.2) is 0 Å². The van der Waals surface area contributed by atoms with Crippen LogP contribution >= 0.6 is 0 Å². The molecule has 2 heterocycles. The van der Waals surface area contributed by atoms with Gasteiger partial charge in [0, 0.05) is 5.56 Å². The molecule has 0 spiro atoms. The summed E-state index contributed by atoms with van der Waals surface area (Å²) in [6.45, 7) is 1.96. The van der Waals surface area contributed by atoms with Gasteiger partial charge >= 0.3 is 0 Å². The van der Waals surface area contributed by atoms with E-state index in [1.807, 2.05) is 67.6 Å². The molecular formula is C22H18O2. The molecule has 2 aromatic carbocycles. The molecule has 24 heavy (non-hydrogen) atoms. The molecule has 1 unspecified atom stereocenters. The number of hydrogen-bond acceptors (Lipinski definition) is 2. The van der Waals surface area contributed by atoms with E-state index in [0.29, 0.717) is 0 Å². The number of aryl methyl sites for hydroxylation is 1. The highest BCUT2D eigenvalue weighted by molar-refractivity contribution is 5.57. The van der Waals surface area contributed by atoms with Crippen LogP contribution in [0, 0.1) is 6.92 Å². The van der Waals surface area contributed by atoms with E-state index < -0.39 is 0 Å². The summed E-state index contributed by atoms with van der Waals surface area (Å²) in [5, 5.41) is 0. The zero-order valence-electron chi connectivity index (χ0n) is 13.5. The number of hydrogen-bond donors (Lipinski definition) is 0. The first kappa shape index (κ1) is 14.6. The topological polar surface area (TPSA) is 26.3 Å². The molecule has 2 aromatic heterocycles. The number of furan rings is 2. The SMILES string of the molecule is Cc1ccc(C(c2ccccc2)c2ccc(-c3ccccc3)o2)o1. The van der Waals surface area contributed by atoms with E-state index in [1.165, 1.54) is 0 Å². The van der Waals surface area contributed by atoms with Gasteiger partial charge in [0.2, 0.25) is 0 Å². The molecule has 0 saturated heterocycles. The molecule has 0 radical (unpaired) electrons. The van der Waals surface area contributed by atoms with Crippen LogP contribution in [0.15, 0.2) is 93.8 Å². The van der Waals surface area contributed by atoms with Crippen LogP contribution < -0.4 is 0 Å². The molecule has 4 rings (SSSR count). The van der Waals surface area contributed by atoms with Crippen molar-refractivity contribution in [1.82, 2.24) is 0 Å². The second-order valence-electron chi connectivity index (χ2n) is 5.86. The van der Waals surface area contributed by atoms with Crippen molar-refractivity contribution >= 4 is 0 Å². The first-order valence-electron chi connectivity index (χ1n) is 8.08. The van der Waals surface area contributed by atoms with Crippen molar-refractivity contribution in [3.63, 3.8) is 0 Å². The molecule has 118 valence electrons. The summed E-state index contributed by atoms with van der Waals surface area (Å²) in [6, 6.07) is 28.5. The van der Waals surface area contributed by atoms with Crippen molar-refractivity contribution in [2.75, 3.05) is 0 Å². The quantitative estimate of drug-likeness (QED) is 0.460. The van der Waals surface area contributed by atoms with Crippen LogP contribution in [0.4, 0.5) is 0 Å². The zero-order chi connectivity index (χ0) is 16.4. The Morgan fingerprint density at radius 3 is 1.92 bits per heavy atom. The molecule has 0 aliphatic heterocycles. The minimum absolute atomic E-state index is 0.0441. The van der Waals surface area contributed by atoms with Crippen LogP contribution in [-0.2, 0) is 0 Å². The maximum Gasteiger partial charge on any atom is 0.134 e. The summed E-state index contributed by atoms with van der Waals surface area (Å²) < 4.78 is 12.1. The molecule has 2 heteroatoms. The van der Waals surface area contributed by atoms with Gasteiger partial charge in [-0.15, -0.1) is 0 Å². The van der Waals surface area contributed by atoms with Crippen molar-refractivity contribution in [1.29, 1.82) is 0 Å². The Morgan fingerprint density at radius 1 is 0.625 bits per heavy atom. The summed E-state index contributed by atoms with van der Waals surface area (Å²) in [5.41, 5.74) is 2.23. The predicted molar refractivity (Wildman–Crippen MR) is 95.0 cm³/mol. The zero-order valence-corrected chi connectivity index (χ0v) is 13.5. The molecule has 0 saturated carbocycles. The van der Waals surface area contributed by atoms with Gasteiger partial charge in [-0.05, 0) is 36.8 Å². The molecule has 1 atom stereocenters. The third-order valence-corrected chi connectivity index (χ3v) is 4.15. The number of rotatable bonds is 4. The van der Waals surface area contributed by atoms with Crippen LogP contribution in [0.3, 0.4) is 0 Å². The van der Waals surface area contributed by atoms with Crippen molar-refractivity contribution in [2.45, 2.75) is 12.8 Å². The van der Waals surface area contributed by atoms with Gasteiger partial charge in [-0.3, -0.25) is 0 Å². The van der Waals surface area contributed by atoms with Gasteiger partial charge in [-0.1, -0.05) is 60.7 Å². The second kappa shape index (κ2) is 6.25. The van der Waals surface area contributed by atoms with Crippen LogP contribution in [0.1, 0.15) is 28.8 Å². The second-order valence-corrected chi connectivity index (χ2v) is 5.86. The van der Waals surface area contributed by atoms with Crippen LogP contribution in [0.25, 0.3) is 11.3 Å². The van der Waals surface area contributed by atoms with E-state index in [9.17, 15) is 0 Å². The first-order chi connectivity index (χ1) is 11.8. The van der Waals surface area contributed by atoms with Crippen molar-refractivity contribution < 1.29 is 8.83 Å². The molecule has 2 nitrogen and oxygen atoms in total. The van der Waals surface area contributed by atoms with E-state index >= 15 is 0 Å². The van der Waals surface area contributed by atoms with Gasteiger partial charge in [-0.2, -0.15) is 0 Å². The van der Waals surface area contributed by atoms with Crippen molar-refractivity contribution in [3.05, 3.63) is 108 Å². The van der Waals surface area contributed by atoms with Crippen LogP contribution in [0.5, 0.6) is 0 Å². The molecule has 0 bridgehead atoms. The Balaban J connectivity index is 1.79. The van der Waals surface area contributed by atoms with Gasteiger partial charge in [0.25, 0.3) is 0 Å². The van der Waals surface area contributed by atoms with Gasteiger partial charge in [0.05, 0.1) is 0 Å². The maximum absolute atomic E-state index is 6.19. The predicted octanol–water partition coefficient (Wildman–Crippen LogP) is 6.03. The fourth-order valence-electron chi connectivity index (χ4n) is 2.99. The standard InChI is InChI=1S/C22H18O2/c1-16-12-13-20(23-16)22(18-10-6-3-7-11-18)21-15-14-19(24-21)17-8-4-2-5-9-17/h2-15,22H,1H3. The van der Waals surface area contributed by atoms with E-state index in [-0.39, 0.29) is 5.92 Å². The maximum atomic E-state index is 6.19. The van der Waals surface area contributed by atoms with E-state index in [4.69, 9.17) is 8.83 Å². The number of benzene rings is 2. The molecule has 0 fully saturated rings. The summed E-state index contributed by atoms with van der Waals surface area (Å²) in [4.78, 5) is 0. The minimum atomic E-state index is -0.0441. The van der Waals surface area contributed by atoms with Gasteiger partial charge in [-0.25, -0.2) is 0 Å². The highest BCUT2D eigenvalue weighted by Gasteiger charge is 2.23. The van der Waals surface area contributed by atoms with Crippen LogP contribution in [-0.4, -0.2) is 0 Å². The van der Waals surface area contributed by atoms with Crippen molar-refractivity contribution in [2.24, 2.45) is 0 Å². The Kier molecular flexibility index (Phi) is 3.80. The summed E-state index contributed by atoms with van der Waals surface area (Å²) in [6.07, 6.45) is 0. The Bertz CT molecular complexity index is 917. The lowest BCUT2D eigenvalue weighted by molar-refractivity contribution is 0.441. The minimum Gasteiger partial charge on any atom is -0.465 e. The lowest BCUT2D eigenvalue weighted by Crippen LogP contribution is -2.00. The van der Waals surface area contributed by atoms with Gasteiger partial charge < -0.3 is 8.83 Å². The molecular weight excluding hydrogens is 296 g/mol. The third kappa shape index (κ3) is 2.79. The van der Waals surface area contributed by atoms with Gasteiger partial charge in [0.1, 0.15) is 29.0 Å². The Morgan fingerprint density at radius 2 is 1.25 bits per heavy atom. The van der Waals surface area contributed by atoms with E-state index in [0.717, 1.165) is 34.2 Å². The monoisotopic (exact) mass is 314 g/mol. The Hall–Kier alpha value is -3.00. The normalized spacial score (nSPS) is 12.2. The van der Waals surface area contributed by atoms with Crippen molar-refractivity contribution in [3.8, 4) is 11.3 Å². The third-order valence-electron chi connectivity index (χ3n) is 4.15. The smallest absolute Gasteiger partial charge is 0.134 e. The summed E-state index contributed by atoms with van der Waals surface area (Å²) in [5.74, 6) is 3.51. The highest BCUT2D eigenvalue weighted by Crippen LogP contribution is 2.35. The molecule has 0 aliphatic carbocycles.